The van der Waals surface area contributed by atoms with Crippen molar-refractivity contribution in [2.45, 2.75) is 38.0 Å². The summed E-state index contributed by atoms with van der Waals surface area (Å²) in [5, 5.41) is 5.34. The zero-order valence-electron chi connectivity index (χ0n) is 19.7. The molecule has 1 aliphatic carbocycles. The van der Waals surface area contributed by atoms with Crippen molar-refractivity contribution in [2.75, 3.05) is 5.32 Å². The van der Waals surface area contributed by atoms with Gasteiger partial charge in [0.1, 0.15) is 17.3 Å². The van der Waals surface area contributed by atoms with E-state index in [9.17, 15) is 31.5 Å². The summed E-state index contributed by atoms with van der Waals surface area (Å²) >= 11 is 0.756. The van der Waals surface area contributed by atoms with E-state index in [1.165, 1.54) is 18.3 Å². The van der Waals surface area contributed by atoms with Gasteiger partial charge in [-0.1, -0.05) is 35.5 Å². The van der Waals surface area contributed by atoms with Crippen molar-refractivity contribution in [3.8, 4) is 11.5 Å². The number of carbonyl (C=O) groups excluding carboxylic acids is 2. The first kappa shape index (κ1) is 26.4. The molecule has 0 saturated carbocycles. The molecular formula is C25H17F5N4O4S. The van der Waals surface area contributed by atoms with Gasteiger partial charge < -0.3 is 14.6 Å². The van der Waals surface area contributed by atoms with E-state index in [1.807, 2.05) is 0 Å². The number of hydrogen-bond donors (Lipinski definition) is 1. The third-order valence-corrected chi connectivity index (χ3v) is 6.97. The number of hydrogen-bond acceptors (Lipinski definition) is 8. The number of pyridine rings is 1. The van der Waals surface area contributed by atoms with Gasteiger partial charge in [-0.3, -0.25) is 9.78 Å². The highest BCUT2D eigenvalue weighted by molar-refractivity contribution is 7.17. The first-order valence-corrected chi connectivity index (χ1v) is 12.2. The van der Waals surface area contributed by atoms with Gasteiger partial charge in [0, 0.05) is 23.9 Å². The smallest absolute Gasteiger partial charge is 0.455 e. The standard InChI is InChI=1S/C25H17F5N4O4S/c26-24(27)9-8-14-16(11-24)39-21(17(14)20-33-23(34-38-20)25(28,29)30)32-19(35)18-15(7-4-10-31-18)22(36)37-12-13-5-2-1-3-6-13/h1-7,10H,8-9,11-12H2,(H,32,35). The second kappa shape index (κ2) is 10.2. The molecule has 1 N–H and O–H groups in total. The molecule has 1 amide bonds. The summed E-state index contributed by atoms with van der Waals surface area (Å²) in [6.07, 6.45) is -5.05. The Morgan fingerprint density at radius 2 is 1.90 bits per heavy atom. The average molecular weight is 564 g/mol. The Morgan fingerprint density at radius 3 is 2.62 bits per heavy atom. The monoisotopic (exact) mass is 564 g/mol. The zero-order valence-corrected chi connectivity index (χ0v) is 20.5. The fraction of sp³-hybridized carbons (Fsp3) is 0.240. The molecule has 0 unspecified atom stereocenters. The summed E-state index contributed by atoms with van der Waals surface area (Å²) in [6.45, 7) is -0.0651. The topological polar surface area (TPSA) is 107 Å². The highest BCUT2D eigenvalue weighted by atomic mass is 32.1. The van der Waals surface area contributed by atoms with Gasteiger partial charge in [0.05, 0.1) is 11.1 Å². The van der Waals surface area contributed by atoms with Gasteiger partial charge in [-0.05, 0) is 29.7 Å². The van der Waals surface area contributed by atoms with Crippen LogP contribution in [0.5, 0.6) is 0 Å². The molecule has 5 rings (SSSR count). The second-order valence-corrected chi connectivity index (χ2v) is 9.68. The van der Waals surface area contributed by atoms with E-state index in [-0.39, 0.29) is 45.3 Å². The third-order valence-electron chi connectivity index (χ3n) is 5.83. The molecule has 0 spiro atoms. The molecule has 0 fully saturated rings. The lowest BCUT2D eigenvalue weighted by Crippen LogP contribution is -2.24. The van der Waals surface area contributed by atoms with Gasteiger partial charge >= 0.3 is 12.1 Å². The van der Waals surface area contributed by atoms with Gasteiger partial charge in [0.15, 0.2) is 0 Å². The summed E-state index contributed by atoms with van der Waals surface area (Å²) < 4.78 is 77.6. The van der Waals surface area contributed by atoms with Gasteiger partial charge in [0.25, 0.3) is 23.5 Å². The van der Waals surface area contributed by atoms with Gasteiger partial charge in [-0.15, -0.1) is 11.3 Å². The number of benzene rings is 1. The van der Waals surface area contributed by atoms with Crippen LogP contribution in [0.3, 0.4) is 0 Å². The number of alkyl halides is 5. The zero-order chi connectivity index (χ0) is 27.8. The lowest BCUT2D eigenvalue weighted by Gasteiger charge is -2.21. The summed E-state index contributed by atoms with van der Waals surface area (Å²) in [5.41, 5.74) is 0.412. The highest BCUT2D eigenvalue weighted by Crippen LogP contribution is 2.47. The number of rotatable bonds is 6. The lowest BCUT2D eigenvalue weighted by molar-refractivity contribution is -0.146. The lowest BCUT2D eigenvalue weighted by atomic mass is 9.92. The molecule has 8 nitrogen and oxygen atoms in total. The molecule has 0 aliphatic heterocycles. The SMILES string of the molecule is O=C(OCc1ccccc1)c1cccnc1C(=O)Nc1sc2c(c1-c1nc(C(F)(F)F)no1)CCC(F)(F)C2. The number of anilines is 1. The van der Waals surface area contributed by atoms with Crippen LogP contribution in [0.25, 0.3) is 11.5 Å². The maximum Gasteiger partial charge on any atom is 0.455 e. The number of ether oxygens (including phenoxy) is 1. The molecule has 14 heteroatoms. The number of nitrogens with zero attached hydrogens (tertiary/aromatic N) is 3. The van der Waals surface area contributed by atoms with Crippen LogP contribution in [-0.2, 0) is 30.4 Å². The molecule has 0 atom stereocenters. The maximum absolute atomic E-state index is 14.1. The van der Waals surface area contributed by atoms with Crippen molar-refractivity contribution in [1.29, 1.82) is 0 Å². The first-order valence-electron chi connectivity index (χ1n) is 11.4. The molecule has 4 aromatic rings. The molecule has 202 valence electrons. The van der Waals surface area contributed by atoms with Crippen molar-refractivity contribution in [2.24, 2.45) is 0 Å². The highest BCUT2D eigenvalue weighted by Gasteiger charge is 2.41. The van der Waals surface area contributed by atoms with Crippen molar-refractivity contribution in [3.05, 3.63) is 81.7 Å². The van der Waals surface area contributed by atoms with Crippen LogP contribution in [0.15, 0.2) is 53.2 Å². The molecule has 0 radical (unpaired) electrons. The van der Waals surface area contributed by atoms with Crippen molar-refractivity contribution >= 4 is 28.2 Å². The Kier molecular flexibility index (Phi) is 6.89. The van der Waals surface area contributed by atoms with Crippen LogP contribution in [0.1, 0.15) is 49.1 Å². The van der Waals surface area contributed by atoms with Crippen molar-refractivity contribution in [1.82, 2.24) is 15.1 Å². The predicted octanol–water partition coefficient (Wildman–Crippen LogP) is 5.95. The summed E-state index contributed by atoms with van der Waals surface area (Å²) in [4.78, 5) is 33.5. The maximum atomic E-state index is 14.1. The number of esters is 1. The number of fused-ring (bicyclic) bond motifs is 1. The molecule has 0 saturated heterocycles. The van der Waals surface area contributed by atoms with Crippen LogP contribution in [-0.4, -0.2) is 32.9 Å². The van der Waals surface area contributed by atoms with E-state index in [1.54, 1.807) is 30.3 Å². The number of carbonyl (C=O) groups is 2. The molecule has 1 aliphatic rings. The van der Waals surface area contributed by atoms with Crippen LogP contribution < -0.4 is 5.32 Å². The fourth-order valence-electron chi connectivity index (χ4n) is 4.02. The Balaban J connectivity index is 1.46. The first-order chi connectivity index (χ1) is 18.5. The number of halogens is 5. The van der Waals surface area contributed by atoms with Crippen molar-refractivity contribution < 1.29 is 40.8 Å². The van der Waals surface area contributed by atoms with E-state index < -0.39 is 48.5 Å². The normalized spacial score (nSPS) is 14.5. The molecular weight excluding hydrogens is 547 g/mol. The Labute approximate surface area is 220 Å². The van der Waals surface area contributed by atoms with E-state index in [2.05, 4.69) is 20.4 Å². The minimum atomic E-state index is -4.91. The minimum absolute atomic E-state index is 0.0651. The van der Waals surface area contributed by atoms with E-state index in [0.717, 1.165) is 11.3 Å². The molecule has 1 aromatic carbocycles. The van der Waals surface area contributed by atoms with E-state index >= 15 is 0 Å². The Morgan fingerprint density at radius 1 is 1.13 bits per heavy atom. The number of aromatic nitrogens is 3. The minimum Gasteiger partial charge on any atom is -0.457 e. The van der Waals surface area contributed by atoms with Crippen molar-refractivity contribution in [3.63, 3.8) is 0 Å². The van der Waals surface area contributed by atoms with Crippen LogP contribution >= 0.6 is 11.3 Å². The summed E-state index contributed by atoms with van der Waals surface area (Å²) in [6, 6.07) is 11.6. The van der Waals surface area contributed by atoms with Crippen LogP contribution in [0.2, 0.25) is 0 Å². The predicted molar refractivity (Wildman–Crippen MR) is 127 cm³/mol. The summed E-state index contributed by atoms with van der Waals surface area (Å²) in [5.74, 6) is -6.91. The number of thiophene rings is 1. The fourth-order valence-corrected chi connectivity index (χ4v) is 5.33. The summed E-state index contributed by atoms with van der Waals surface area (Å²) in [7, 11) is 0. The molecule has 0 bridgehead atoms. The van der Waals surface area contributed by atoms with Gasteiger partial charge in [-0.2, -0.15) is 18.2 Å². The van der Waals surface area contributed by atoms with E-state index in [0.29, 0.717) is 5.56 Å². The second-order valence-electron chi connectivity index (χ2n) is 8.58. The van der Waals surface area contributed by atoms with Gasteiger partial charge in [0.2, 0.25) is 0 Å². The largest absolute Gasteiger partial charge is 0.457 e. The Hall–Kier alpha value is -4.20. The van der Waals surface area contributed by atoms with Crippen LogP contribution in [0.4, 0.5) is 27.0 Å². The number of amides is 1. The Bertz CT molecular complexity index is 1530. The molecule has 3 aromatic heterocycles. The quantitative estimate of drug-likeness (QED) is 0.228. The van der Waals surface area contributed by atoms with E-state index in [4.69, 9.17) is 9.26 Å². The molecule has 3 heterocycles. The average Bonchev–Trinajstić information content (AvgIpc) is 3.51. The number of nitrogens with one attached hydrogen (secondary N) is 1. The van der Waals surface area contributed by atoms with Crippen LogP contribution in [0, 0.1) is 0 Å². The molecule has 39 heavy (non-hydrogen) atoms. The van der Waals surface area contributed by atoms with Gasteiger partial charge in [-0.25, -0.2) is 13.6 Å². The third kappa shape index (κ3) is 5.65.